The maximum atomic E-state index is 9.73. The predicted molar refractivity (Wildman–Crippen MR) is 69.6 cm³/mol. The molecule has 3 rings (SSSR count). The molecule has 98 valence electrons. The average molecular weight is 248 g/mol. The van der Waals surface area contributed by atoms with E-state index in [1.165, 1.54) is 12.8 Å². The fourth-order valence-corrected chi connectivity index (χ4v) is 2.82. The van der Waals surface area contributed by atoms with E-state index in [-0.39, 0.29) is 0 Å². The van der Waals surface area contributed by atoms with Crippen LogP contribution in [-0.4, -0.2) is 35.4 Å². The van der Waals surface area contributed by atoms with Crippen LogP contribution in [0.25, 0.3) is 0 Å². The molecule has 4 nitrogen and oxygen atoms in total. The van der Waals surface area contributed by atoms with Crippen molar-refractivity contribution in [3.63, 3.8) is 0 Å². The molecule has 18 heavy (non-hydrogen) atoms. The van der Waals surface area contributed by atoms with Crippen LogP contribution in [0.2, 0.25) is 0 Å². The highest BCUT2D eigenvalue weighted by atomic mass is 16.5. The van der Waals surface area contributed by atoms with Gasteiger partial charge in [0.15, 0.2) is 0 Å². The zero-order valence-electron chi connectivity index (χ0n) is 10.7. The molecule has 3 heterocycles. The van der Waals surface area contributed by atoms with Crippen LogP contribution in [0.3, 0.4) is 0 Å². The zero-order chi connectivity index (χ0) is 12.5. The summed E-state index contributed by atoms with van der Waals surface area (Å²) < 4.78 is 5.83. The largest absolute Gasteiger partial charge is 0.387 e. The molecule has 4 heteroatoms. The summed E-state index contributed by atoms with van der Waals surface area (Å²) in [7, 11) is 0. The summed E-state index contributed by atoms with van der Waals surface area (Å²) >= 11 is 0. The fraction of sp³-hybridized carbons (Fsp3) is 0.643. The summed E-state index contributed by atoms with van der Waals surface area (Å²) in [4.78, 5) is 6.71. The van der Waals surface area contributed by atoms with E-state index in [4.69, 9.17) is 4.74 Å². The molecule has 2 saturated heterocycles. The molecule has 2 aliphatic heterocycles. The molecule has 2 aliphatic rings. The molecule has 1 aromatic heterocycles. The standard InChI is InChI=1S/C14H20N2O2/c1-2-14(17)13-6-3-10(7-15-13)16-8-11-4-5-12(9-16)18-11/h3,6-7,11-12,14,17H,2,4-5,8-9H2,1H3/t11?,12?,14-/m1/s1. The number of pyridine rings is 1. The van der Waals surface area contributed by atoms with Crippen molar-refractivity contribution >= 4 is 5.69 Å². The molecule has 0 radical (unpaired) electrons. The molecule has 2 unspecified atom stereocenters. The van der Waals surface area contributed by atoms with Crippen LogP contribution in [-0.2, 0) is 4.74 Å². The number of anilines is 1. The topological polar surface area (TPSA) is 45.6 Å². The second-order valence-corrected chi connectivity index (χ2v) is 5.23. The molecule has 0 spiro atoms. The van der Waals surface area contributed by atoms with Gasteiger partial charge in [-0.3, -0.25) is 4.98 Å². The average Bonchev–Trinajstić information content (AvgIpc) is 2.77. The SMILES string of the molecule is CC[C@@H](O)c1ccc(N2CC3CCC(C2)O3)cn1. The van der Waals surface area contributed by atoms with Gasteiger partial charge in [-0.15, -0.1) is 0 Å². The Hall–Kier alpha value is -1.13. The quantitative estimate of drug-likeness (QED) is 0.887. The highest BCUT2D eigenvalue weighted by Crippen LogP contribution is 2.29. The Morgan fingerprint density at radius 1 is 1.39 bits per heavy atom. The van der Waals surface area contributed by atoms with E-state index < -0.39 is 6.10 Å². The molecule has 2 bridgehead atoms. The number of fused-ring (bicyclic) bond motifs is 2. The first-order valence-electron chi connectivity index (χ1n) is 6.80. The molecule has 1 N–H and O–H groups in total. The lowest BCUT2D eigenvalue weighted by Crippen LogP contribution is -2.42. The molecular formula is C14H20N2O2. The Balaban J connectivity index is 1.73. The maximum Gasteiger partial charge on any atom is 0.0957 e. The van der Waals surface area contributed by atoms with E-state index in [1.807, 2.05) is 19.2 Å². The van der Waals surface area contributed by atoms with Crippen molar-refractivity contribution in [1.29, 1.82) is 0 Å². The van der Waals surface area contributed by atoms with Gasteiger partial charge in [-0.2, -0.15) is 0 Å². The molecule has 2 fully saturated rings. The minimum atomic E-state index is -0.445. The minimum Gasteiger partial charge on any atom is -0.387 e. The van der Waals surface area contributed by atoms with Crippen LogP contribution in [0.1, 0.15) is 38.0 Å². The van der Waals surface area contributed by atoms with Gasteiger partial charge in [-0.25, -0.2) is 0 Å². The van der Waals surface area contributed by atoms with Gasteiger partial charge in [0.1, 0.15) is 0 Å². The highest BCUT2D eigenvalue weighted by molar-refractivity contribution is 5.45. The maximum absolute atomic E-state index is 9.73. The number of aliphatic hydroxyl groups excluding tert-OH is 1. The number of ether oxygens (including phenoxy) is 1. The van der Waals surface area contributed by atoms with E-state index >= 15 is 0 Å². The van der Waals surface area contributed by atoms with Gasteiger partial charge in [-0.1, -0.05) is 6.92 Å². The van der Waals surface area contributed by atoms with Crippen LogP contribution in [0.4, 0.5) is 5.69 Å². The van der Waals surface area contributed by atoms with Crippen LogP contribution < -0.4 is 4.90 Å². The summed E-state index contributed by atoms with van der Waals surface area (Å²) in [5.74, 6) is 0. The zero-order valence-corrected chi connectivity index (χ0v) is 10.7. The molecule has 0 aliphatic carbocycles. The predicted octanol–water partition coefficient (Wildman–Crippen LogP) is 1.89. The van der Waals surface area contributed by atoms with E-state index in [0.717, 1.165) is 24.5 Å². The van der Waals surface area contributed by atoms with Crippen molar-refractivity contribution < 1.29 is 9.84 Å². The summed E-state index contributed by atoms with van der Waals surface area (Å²) in [5.41, 5.74) is 1.90. The van der Waals surface area contributed by atoms with Crippen molar-refractivity contribution in [3.05, 3.63) is 24.0 Å². The van der Waals surface area contributed by atoms with Gasteiger partial charge >= 0.3 is 0 Å². The number of aliphatic hydroxyl groups is 1. The van der Waals surface area contributed by atoms with E-state index in [0.29, 0.717) is 18.6 Å². The summed E-state index contributed by atoms with van der Waals surface area (Å²) in [6, 6.07) is 3.99. The molecule has 0 amide bonds. The first-order valence-corrected chi connectivity index (χ1v) is 6.80. The highest BCUT2D eigenvalue weighted by Gasteiger charge is 2.33. The number of morpholine rings is 1. The van der Waals surface area contributed by atoms with Crippen LogP contribution in [0.5, 0.6) is 0 Å². The molecule has 1 aromatic rings. The Bertz CT molecular complexity index is 395. The van der Waals surface area contributed by atoms with E-state index in [9.17, 15) is 5.11 Å². The van der Waals surface area contributed by atoms with Crippen molar-refractivity contribution in [3.8, 4) is 0 Å². The number of rotatable bonds is 3. The third kappa shape index (κ3) is 2.22. The second kappa shape index (κ2) is 4.86. The van der Waals surface area contributed by atoms with Crippen LogP contribution >= 0.6 is 0 Å². The Morgan fingerprint density at radius 3 is 2.67 bits per heavy atom. The van der Waals surface area contributed by atoms with Crippen molar-refractivity contribution in [2.24, 2.45) is 0 Å². The van der Waals surface area contributed by atoms with Crippen molar-refractivity contribution in [1.82, 2.24) is 4.98 Å². The van der Waals surface area contributed by atoms with Gasteiger partial charge in [0, 0.05) is 13.1 Å². The Morgan fingerprint density at radius 2 is 2.11 bits per heavy atom. The number of aromatic nitrogens is 1. The van der Waals surface area contributed by atoms with Crippen LogP contribution in [0.15, 0.2) is 18.3 Å². The first-order chi connectivity index (χ1) is 8.76. The third-order valence-electron chi connectivity index (χ3n) is 3.91. The molecule has 0 aromatic carbocycles. The van der Waals surface area contributed by atoms with Crippen molar-refractivity contribution in [2.75, 3.05) is 18.0 Å². The molecule has 3 atom stereocenters. The number of nitrogens with zero attached hydrogens (tertiary/aromatic N) is 2. The van der Waals surface area contributed by atoms with Gasteiger partial charge in [0.05, 0.1) is 35.9 Å². The smallest absolute Gasteiger partial charge is 0.0957 e. The lowest BCUT2D eigenvalue weighted by Gasteiger charge is -2.33. The summed E-state index contributed by atoms with van der Waals surface area (Å²) in [5, 5.41) is 9.73. The monoisotopic (exact) mass is 248 g/mol. The Kier molecular flexibility index (Phi) is 3.22. The first kappa shape index (κ1) is 11.9. The lowest BCUT2D eigenvalue weighted by atomic mass is 10.2. The Labute approximate surface area is 108 Å². The molecule has 0 saturated carbocycles. The third-order valence-corrected chi connectivity index (χ3v) is 3.91. The van der Waals surface area contributed by atoms with Gasteiger partial charge in [0.2, 0.25) is 0 Å². The van der Waals surface area contributed by atoms with Gasteiger partial charge in [-0.05, 0) is 31.4 Å². The van der Waals surface area contributed by atoms with E-state index in [1.54, 1.807) is 0 Å². The second-order valence-electron chi connectivity index (χ2n) is 5.23. The minimum absolute atomic E-state index is 0.393. The summed E-state index contributed by atoms with van der Waals surface area (Å²) in [6.45, 7) is 3.89. The van der Waals surface area contributed by atoms with Crippen LogP contribution in [0, 0.1) is 0 Å². The lowest BCUT2D eigenvalue weighted by molar-refractivity contribution is 0.0304. The number of hydrogen-bond donors (Lipinski definition) is 1. The van der Waals surface area contributed by atoms with Crippen molar-refractivity contribution in [2.45, 2.75) is 44.5 Å². The number of hydrogen-bond acceptors (Lipinski definition) is 4. The summed E-state index contributed by atoms with van der Waals surface area (Å²) in [6.07, 6.45) is 5.28. The van der Waals surface area contributed by atoms with Gasteiger partial charge in [0.25, 0.3) is 0 Å². The van der Waals surface area contributed by atoms with E-state index in [2.05, 4.69) is 16.0 Å². The molecular weight excluding hydrogens is 228 g/mol. The normalized spacial score (nSPS) is 28.4. The van der Waals surface area contributed by atoms with Gasteiger partial charge < -0.3 is 14.7 Å². The fourth-order valence-electron chi connectivity index (χ4n) is 2.82.